The molecule has 1 aromatic rings. The minimum absolute atomic E-state index is 0. The second-order valence-electron chi connectivity index (χ2n) is 6.34. The third-order valence-corrected chi connectivity index (χ3v) is 3.63. The summed E-state index contributed by atoms with van der Waals surface area (Å²) in [7, 11) is 0. The molecular formula is C17H29ClN2O. The number of rotatable bonds is 7. The van der Waals surface area contributed by atoms with Gasteiger partial charge in [-0.2, -0.15) is 0 Å². The maximum atomic E-state index is 12.1. The van der Waals surface area contributed by atoms with Crippen LogP contribution >= 0.6 is 12.4 Å². The van der Waals surface area contributed by atoms with E-state index in [2.05, 4.69) is 38.2 Å². The Kier molecular flexibility index (Phi) is 8.60. The van der Waals surface area contributed by atoms with Crippen LogP contribution in [0.2, 0.25) is 0 Å². The molecule has 0 saturated heterocycles. The predicted molar refractivity (Wildman–Crippen MR) is 91.8 cm³/mol. The number of hydrogen-bond acceptors (Lipinski definition) is 2. The van der Waals surface area contributed by atoms with Gasteiger partial charge in [-0.3, -0.25) is 4.79 Å². The van der Waals surface area contributed by atoms with E-state index in [1.807, 2.05) is 19.1 Å². The first kappa shape index (κ1) is 19.9. The van der Waals surface area contributed by atoms with Crippen molar-refractivity contribution in [3.8, 4) is 0 Å². The Bertz CT molecular complexity index is 448. The molecule has 0 fully saturated rings. The second-order valence-corrected chi connectivity index (χ2v) is 6.34. The molecule has 0 saturated carbocycles. The van der Waals surface area contributed by atoms with Crippen molar-refractivity contribution in [3.05, 3.63) is 35.4 Å². The number of carbonyl (C=O) groups excluding carboxylic acids is 1. The number of amides is 1. The van der Waals surface area contributed by atoms with Crippen LogP contribution in [0.3, 0.4) is 0 Å². The van der Waals surface area contributed by atoms with Gasteiger partial charge >= 0.3 is 0 Å². The molecule has 4 heteroatoms. The lowest BCUT2D eigenvalue weighted by Gasteiger charge is -2.31. The number of nitrogens with two attached hydrogens (primary N) is 1. The van der Waals surface area contributed by atoms with Gasteiger partial charge in [-0.25, -0.2) is 0 Å². The minimum atomic E-state index is -0.295. The average Bonchev–Trinajstić information content (AvgIpc) is 2.36. The number of benzene rings is 1. The largest absolute Gasteiger partial charge is 0.350 e. The van der Waals surface area contributed by atoms with Crippen molar-refractivity contribution in [1.29, 1.82) is 0 Å². The Morgan fingerprint density at radius 2 is 1.95 bits per heavy atom. The molecule has 1 atom stereocenters. The normalized spacial score (nSPS) is 13.4. The van der Waals surface area contributed by atoms with Gasteiger partial charge in [-0.05, 0) is 43.7 Å². The highest BCUT2D eigenvalue weighted by Gasteiger charge is 2.25. The molecule has 0 aliphatic heterocycles. The average molecular weight is 313 g/mol. The van der Waals surface area contributed by atoms with Gasteiger partial charge < -0.3 is 11.1 Å². The summed E-state index contributed by atoms with van der Waals surface area (Å²) < 4.78 is 0. The smallest absolute Gasteiger partial charge is 0.220 e. The summed E-state index contributed by atoms with van der Waals surface area (Å²) >= 11 is 0. The molecule has 0 radical (unpaired) electrons. The number of nitrogens with one attached hydrogen (secondary N) is 1. The molecule has 0 heterocycles. The van der Waals surface area contributed by atoms with Crippen LogP contribution in [-0.4, -0.2) is 18.0 Å². The lowest BCUT2D eigenvalue weighted by atomic mass is 9.90. The molecule has 1 aromatic carbocycles. The fraction of sp³-hybridized carbons (Fsp3) is 0.588. The van der Waals surface area contributed by atoms with Crippen LogP contribution in [0.1, 0.15) is 44.7 Å². The SMILES string of the molecule is Cc1ccccc1CCC(=O)NC(C)(CN)CC(C)C.Cl. The van der Waals surface area contributed by atoms with Crippen molar-refractivity contribution in [2.75, 3.05) is 6.54 Å². The van der Waals surface area contributed by atoms with Gasteiger partial charge in [0.2, 0.25) is 5.91 Å². The van der Waals surface area contributed by atoms with Gasteiger partial charge in [-0.1, -0.05) is 38.1 Å². The van der Waals surface area contributed by atoms with E-state index in [1.165, 1.54) is 11.1 Å². The highest BCUT2D eigenvalue weighted by molar-refractivity contribution is 5.85. The van der Waals surface area contributed by atoms with E-state index in [9.17, 15) is 4.79 Å². The number of aryl methyl sites for hydroxylation is 2. The lowest BCUT2D eigenvalue weighted by molar-refractivity contribution is -0.122. The zero-order valence-corrected chi connectivity index (χ0v) is 14.4. The van der Waals surface area contributed by atoms with Gasteiger partial charge in [0.25, 0.3) is 0 Å². The molecule has 0 spiro atoms. The Morgan fingerprint density at radius 3 is 2.48 bits per heavy atom. The van der Waals surface area contributed by atoms with Crippen molar-refractivity contribution in [3.63, 3.8) is 0 Å². The quantitative estimate of drug-likeness (QED) is 0.812. The van der Waals surface area contributed by atoms with Crippen LogP contribution in [0.4, 0.5) is 0 Å². The third-order valence-electron chi connectivity index (χ3n) is 3.63. The Balaban J connectivity index is 0.00000400. The van der Waals surface area contributed by atoms with Crippen molar-refractivity contribution in [2.24, 2.45) is 11.7 Å². The summed E-state index contributed by atoms with van der Waals surface area (Å²) in [6, 6.07) is 8.20. The van der Waals surface area contributed by atoms with Crippen LogP contribution < -0.4 is 11.1 Å². The summed E-state index contributed by atoms with van der Waals surface area (Å²) in [5, 5.41) is 3.10. The minimum Gasteiger partial charge on any atom is -0.350 e. The van der Waals surface area contributed by atoms with E-state index >= 15 is 0 Å². The standard InChI is InChI=1S/C17H28N2O.ClH/c1-13(2)11-17(4,12-18)19-16(20)10-9-15-8-6-5-7-14(15)3;/h5-8,13H,9-12,18H2,1-4H3,(H,19,20);1H. The summed E-state index contributed by atoms with van der Waals surface area (Å²) in [5.74, 6) is 0.599. The van der Waals surface area contributed by atoms with Gasteiger partial charge in [0, 0.05) is 18.5 Å². The first-order chi connectivity index (χ1) is 9.36. The molecule has 0 aliphatic carbocycles. The molecule has 0 aliphatic rings. The number of hydrogen-bond donors (Lipinski definition) is 2. The summed E-state index contributed by atoms with van der Waals surface area (Å²) in [4.78, 5) is 12.1. The van der Waals surface area contributed by atoms with Gasteiger partial charge in [0.05, 0.1) is 0 Å². The van der Waals surface area contributed by atoms with Gasteiger partial charge in [0.15, 0.2) is 0 Å². The molecule has 1 unspecified atom stereocenters. The van der Waals surface area contributed by atoms with E-state index in [4.69, 9.17) is 5.73 Å². The summed E-state index contributed by atoms with van der Waals surface area (Å²) in [6.45, 7) is 8.87. The van der Waals surface area contributed by atoms with Crippen molar-refractivity contribution < 1.29 is 4.79 Å². The Labute approximate surface area is 135 Å². The van der Waals surface area contributed by atoms with E-state index in [0.717, 1.165) is 12.8 Å². The fourth-order valence-electron chi connectivity index (χ4n) is 2.62. The van der Waals surface area contributed by atoms with Crippen LogP contribution in [0.25, 0.3) is 0 Å². The van der Waals surface area contributed by atoms with Crippen molar-refractivity contribution in [2.45, 2.75) is 52.5 Å². The molecular weight excluding hydrogens is 284 g/mol. The zero-order chi connectivity index (χ0) is 15.2. The van der Waals surface area contributed by atoms with Crippen LogP contribution in [0.15, 0.2) is 24.3 Å². The summed E-state index contributed by atoms with van der Waals surface area (Å²) in [5.41, 5.74) is 8.00. The fourth-order valence-corrected chi connectivity index (χ4v) is 2.62. The topological polar surface area (TPSA) is 55.1 Å². The predicted octanol–water partition coefficient (Wildman–Crippen LogP) is 3.23. The van der Waals surface area contributed by atoms with Gasteiger partial charge in [-0.15, -0.1) is 12.4 Å². The van der Waals surface area contributed by atoms with E-state index in [0.29, 0.717) is 18.9 Å². The molecule has 120 valence electrons. The molecule has 0 bridgehead atoms. The Hall–Kier alpha value is -1.06. The van der Waals surface area contributed by atoms with Crippen molar-refractivity contribution >= 4 is 18.3 Å². The Morgan fingerprint density at radius 1 is 1.33 bits per heavy atom. The molecule has 21 heavy (non-hydrogen) atoms. The van der Waals surface area contributed by atoms with Crippen LogP contribution in [0, 0.1) is 12.8 Å². The highest BCUT2D eigenvalue weighted by Crippen LogP contribution is 2.16. The molecule has 1 rings (SSSR count). The molecule has 3 N–H and O–H groups in total. The van der Waals surface area contributed by atoms with Crippen molar-refractivity contribution in [1.82, 2.24) is 5.32 Å². The first-order valence-electron chi connectivity index (χ1n) is 7.42. The van der Waals surface area contributed by atoms with Gasteiger partial charge in [0.1, 0.15) is 0 Å². The summed E-state index contributed by atoms with van der Waals surface area (Å²) in [6.07, 6.45) is 2.19. The third kappa shape index (κ3) is 6.96. The van der Waals surface area contributed by atoms with E-state index < -0.39 is 0 Å². The number of halogens is 1. The van der Waals surface area contributed by atoms with E-state index in [1.54, 1.807) is 0 Å². The molecule has 0 aromatic heterocycles. The maximum absolute atomic E-state index is 12.1. The monoisotopic (exact) mass is 312 g/mol. The lowest BCUT2D eigenvalue weighted by Crippen LogP contribution is -2.52. The van der Waals surface area contributed by atoms with Crippen LogP contribution in [-0.2, 0) is 11.2 Å². The van der Waals surface area contributed by atoms with E-state index in [-0.39, 0.29) is 23.9 Å². The molecule has 3 nitrogen and oxygen atoms in total. The molecule has 1 amide bonds. The maximum Gasteiger partial charge on any atom is 0.220 e. The second kappa shape index (κ2) is 9.06. The number of carbonyl (C=O) groups is 1. The highest BCUT2D eigenvalue weighted by atomic mass is 35.5. The van der Waals surface area contributed by atoms with Crippen LogP contribution in [0.5, 0.6) is 0 Å². The first-order valence-corrected chi connectivity index (χ1v) is 7.42. The zero-order valence-electron chi connectivity index (χ0n) is 13.6.